The highest BCUT2D eigenvalue weighted by molar-refractivity contribution is 5.97. The molecule has 0 saturated heterocycles. The number of hydrogen-bond donors (Lipinski definition) is 3. The monoisotopic (exact) mass is 427 g/mol. The van der Waals surface area contributed by atoms with E-state index in [1.54, 1.807) is 35.1 Å². The van der Waals surface area contributed by atoms with E-state index in [9.17, 15) is 9.59 Å². The zero-order chi connectivity index (χ0) is 22.5. The van der Waals surface area contributed by atoms with Crippen LogP contribution < -0.4 is 16.4 Å². The number of nitrogens with two attached hydrogens (primary N) is 1. The molecule has 0 radical (unpaired) electrons. The van der Waals surface area contributed by atoms with Crippen molar-refractivity contribution in [1.82, 2.24) is 30.4 Å². The van der Waals surface area contributed by atoms with E-state index in [1.165, 1.54) is 13.2 Å². The topological polar surface area (TPSA) is 128 Å². The Balaban J connectivity index is 1.46. The number of carbonyl (C=O) groups excluding carboxylic acids is 2. The second-order valence-corrected chi connectivity index (χ2v) is 6.95. The second-order valence-electron chi connectivity index (χ2n) is 6.95. The van der Waals surface area contributed by atoms with Gasteiger partial charge in [0.05, 0.1) is 17.6 Å². The number of nitrogens with one attached hydrogen (secondary N) is 2. The van der Waals surface area contributed by atoms with Gasteiger partial charge in [-0.3, -0.25) is 9.59 Å². The minimum Gasteiger partial charge on any atom is -0.382 e. The third-order valence-corrected chi connectivity index (χ3v) is 4.82. The number of carbonyl (C=O) groups is 2. The van der Waals surface area contributed by atoms with Gasteiger partial charge in [0.25, 0.3) is 11.8 Å². The molecule has 4 aromatic rings. The molecule has 2 amide bonds. The molecule has 0 fully saturated rings. The van der Waals surface area contributed by atoms with Crippen molar-refractivity contribution in [3.05, 3.63) is 90.0 Å². The minimum absolute atomic E-state index is 0.0402. The second kappa shape index (κ2) is 9.09. The van der Waals surface area contributed by atoms with Crippen molar-refractivity contribution in [3.63, 3.8) is 0 Å². The van der Waals surface area contributed by atoms with Gasteiger partial charge in [0.15, 0.2) is 11.5 Å². The number of benzene rings is 2. The largest absolute Gasteiger partial charge is 0.382 e. The Kier molecular flexibility index (Phi) is 5.89. The highest BCUT2D eigenvalue weighted by Crippen LogP contribution is 2.20. The van der Waals surface area contributed by atoms with E-state index in [0.717, 1.165) is 11.3 Å². The third kappa shape index (κ3) is 4.46. The molecule has 0 atom stereocenters. The lowest BCUT2D eigenvalue weighted by molar-refractivity contribution is 0.0945. The molecule has 0 spiro atoms. The molecule has 4 N–H and O–H groups in total. The lowest BCUT2D eigenvalue weighted by Gasteiger charge is -2.09. The van der Waals surface area contributed by atoms with E-state index in [0.29, 0.717) is 23.4 Å². The number of amides is 2. The summed E-state index contributed by atoms with van der Waals surface area (Å²) < 4.78 is 1.77. The first-order chi connectivity index (χ1) is 15.5. The van der Waals surface area contributed by atoms with Crippen LogP contribution >= 0.6 is 0 Å². The SMILES string of the molecule is CNC(=O)c1nc(-c2cccc(C(=O)NCc3ccc(-n4cccn4)cc3)c2)cnc1N. The van der Waals surface area contributed by atoms with Crippen molar-refractivity contribution in [2.24, 2.45) is 0 Å². The molecule has 0 aliphatic carbocycles. The Morgan fingerprint density at radius 1 is 1.06 bits per heavy atom. The van der Waals surface area contributed by atoms with Gasteiger partial charge >= 0.3 is 0 Å². The fraction of sp³-hybridized carbons (Fsp3) is 0.0870. The number of nitrogen functional groups attached to an aromatic ring is 1. The van der Waals surface area contributed by atoms with E-state index < -0.39 is 5.91 Å². The van der Waals surface area contributed by atoms with Crippen molar-refractivity contribution >= 4 is 17.6 Å². The summed E-state index contributed by atoms with van der Waals surface area (Å²) in [6.07, 6.45) is 5.06. The molecule has 0 saturated carbocycles. The van der Waals surface area contributed by atoms with Gasteiger partial charge in [-0.15, -0.1) is 0 Å². The highest BCUT2D eigenvalue weighted by Gasteiger charge is 2.14. The summed E-state index contributed by atoms with van der Waals surface area (Å²) in [7, 11) is 1.49. The Bertz CT molecular complexity index is 1250. The van der Waals surface area contributed by atoms with Crippen molar-refractivity contribution in [1.29, 1.82) is 0 Å². The molecule has 0 unspecified atom stereocenters. The molecule has 9 nitrogen and oxygen atoms in total. The first kappa shape index (κ1) is 20.7. The maximum Gasteiger partial charge on any atom is 0.273 e. The number of anilines is 1. The standard InChI is InChI=1S/C23H21N7O2/c1-25-23(32)20-21(24)26-14-19(29-20)16-4-2-5-17(12-16)22(31)27-13-15-6-8-18(9-7-15)30-11-3-10-28-30/h2-12,14H,13H2,1H3,(H2,24,26)(H,25,32)(H,27,31). The van der Waals surface area contributed by atoms with Crippen LogP contribution in [-0.4, -0.2) is 38.6 Å². The highest BCUT2D eigenvalue weighted by atomic mass is 16.2. The maximum atomic E-state index is 12.7. The van der Waals surface area contributed by atoms with E-state index in [-0.39, 0.29) is 17.4 Å². The first-order valence-corrected chi connectivity index (χ1v) is 9.87. The first-order valence-electron chi connectivity index (χ1n) is 9.87. The quantitative estimate of drug-likeness (QED) is 0.433. The zero-order valence-corrected chi connectivity index (χ0v) is 17.3. The molecule has 0 aliphatic heterocycles. The maximum absolute atomic E-state index is 12.7. The lowest BCUT2D eigenvalue weighted by Crippen LogP contribution is -2.23. The summed E-state index contributed by atoms with van der Waals surface area (Å²) in [6, 6.07) is 16.6. The summed E-state index contributed by atoms with van der Waals surface area (Å²) >= 11 is 0. The van der Waals surface area contributed by atoms with Crippen LogP contribution in [0.3, 0.4) is 0 Å². The van der Waals surface area contributed by atoms with E-state index >= 15 is 0 Å². The molecular formula is C23H21N7O2. The van der Waals surface area contributed by atoms with Crippen LogP contribution in [0.15, 0.2) is 73.2 Å². The van der Waals surface area contributed by atoms with Crippen LogP contribution in [0.5, 0.6) is 0 Å². The van der Waals surface area contributed by atoms with Gasteiger partial charge in [0.1, 0.15) is 0 Å². The molecule has 4 rings (SSSR count). The number of rotatable bonds is 6. The van der Waals surface area contributed by atoms with Gasteiger partial charge in [-0.1, -0.05) is 24.3 Å². The molecular weight excluding hydrogens is 406 g/mol. The summed E-state index contributed by atoms with van der Waals surface area (Å²) in [5.74, 6) is -0.608. The molecule has 9 heteroatoms. The van der Waals surface area contributed by atoms with Crippen LogP contribution in [0.25, 0.3) is 16.9 Å². The van der Waals surface area contributed by atoms with Crippen LogP contribution in [0.1, 0.15) is 26.4 Å². The fourth-order valence-electron chi connectivity index (χ4n) is 3.12. The number of aromatic nitrogens is 4. The Morgan fingerprint density at radius 3 is 2.59 bits per heavy atom. The predicted octanol–water partition coefficient (Wildman–Crippen LogP) is 2.20. The van der Waals surface area contributed by atoms with Gasteiger partial charge in [0.2, 0.25) is 0 Å². The zero-order valence-electron chi connectivity index (χ0n) is 17.3. The van der Waals surface area contributed by atoms with Crippen molar-refractivity contribution in [2.45, 2.75) is 6.54 Å². The smallest absolute Gasteiger partial charge is 0.273 e. The van der Waals surface area contributed by atoms with Crippen molar-refractivity contribution in [2.75, 3.05) is 12.8 Å². The van der Waals surface area contributed by atoms with E-state index in [1.807, 2.05) is 36.5 Å². The van der Waals surface area contributed by atoms with Crippen LogP contribution in [-0.2, 0) is 6.54 Å². The molecule has 160 valence electrons. The summed E-state index contributed by atoms with van der Waals surface area (Å²) in [4.78, 5) is 33.0. The van der Waals surface area contributed by atoms with Gasteiger partial charge in [0, 0.05) is 37.1 Å². The summed E-state index contributed by atoms with van der Waals surface area (Å²) in [6.45, 7) is 0.380. The van der Waals surface area contributed by atoms with Crippen LogP contribution in [0.4, 0.5) is 5.82 Å². The molecule has 2 aromatic carbocycles. The van der Waals surface area contributed by atoms with Crippen LogP contribution in [0, 0.1) is 0 Å². The van der Waals surface area contributed by atoms with Gasteiger partial charge < -0.3 is 16.4 Å². The predicted molar refractivity (Wildman–Crippen MR) is 120 cm³/mol. The third-order valence-electron chi connectivity index (χ3n) is 4.82. The Hall–Kier alpha value is -4.53. The fourth-order valence-corrected chi connectivity index (χ4v) is 3.12. The van der Waals surface area contributed by atoms with Gasteiger partial charge in [-0.05, 0) is 35.9 Å². The van der Waals surface area contributed by atoms with E-state index in [2.05, 4.69) is 25.7 Å². The van der Waals surface area contributed by atoms with E-state index in [4.69, 9.17) is 5.73 Å². The minimum atomic E-state index is -0.427. The van der Waals surface area contributed by atoms with Crippen molar-refractivity contribution < 1.29 is 9.59 Å². The Morgan fingerprint density at radius 2 is 1.88 bits per heavy atom. The van der Waals surface area contributed by atoms with Crippen LogP contribution in [0.2, 0.25) is 0 Å². The van der Waals surface area contributed by atoms with Gasteiger partial charge in [-0.25, -0.2) is 14.6 Å². The molecule has 0 aliphatic rings. The average Bonchev–Trinajstić information content (AvgIpc) is 3.38. The number of nitrogens with zero attached hydrogens (tertiary/aromatic N) is 4. The van der Waals surface area contributed by atoms with Crippen molar-refractivity contribution in [3.8, 4) is 16.9 Å². The normalized spacial score (nSPS) is 10.5. The molecule has 0 bridgehead atoms. The van der Waals surface area contributed by atoms with Gasteiger partial charge in [-0.2, -0.15) is 5.10 Å². The molecule has 2 aromatic heterocycles. The lowest BCUT2D eigenvalue weighted by atomic mass is 10.1. The molecule has 32 heavy (non-hydrogen) atoms. The number of hydrogen-bond acceptors (Lipinski definition) is 6. The summed E-state index contributed by atoms with van der Waals surface area (Å²) in [5.41, 5.74) is 9.26. The summed E-state index contributed by atoms with van der Waals surface area (Å²) in [5, 5.41) is 9.59. The Labute approximate surface area is 184 Å². The molecule has 2 heterocycles. The average molecular weight is 427 g/mol.